The molecule has 1 aromatic carbocycles. The van der Waals surface area contributed by atoms with Crippen molar-refractivity contribution in [3.8, 4) is 5.75 Å². The maximum absolute atomic E-state index is 8.88. The smallest absolute Gasteiger partial charge is 0.122 e. The maximum atomic E-state index is 8.88. The predicted octanol–water partition coefficient (Wildman–Crippen LogP) is 2.79. The highest BCUT2D eigenvalue weighted by atomic mass is 16.5. The van der Waals surface area contributed by atoms with Crippen LogP contribution in [-0.2, 0) is 6.42 Å². The average molecular weight is 220 g/mol. The van der Waals surface area contributed by atoms with E-state index in [9.17, 15) is 0 Å². The lowest BCUT2D eigenvalue weighted by Gasteiger charge is -2.27. The van der Waals surface area contributed by atoms with Crippen LogP contribution in [0.2, 0.25) is 0 Å². The number of rotatable bonds is 4. The zero-order valence-corrected chi connectivity index (χ0v) is 9.86. The number of aliphatic hydroxyl groups is 1. The largest absolute Gasteiger partial charge is 0.490 e. The van der Waals surface area contributed by atoms with Crippen molar-refractivity contribution in [3.63, 3.8) is 0 Å². The lowest BCUT2D eigenvalue weighted by Crippen LogP contribution is -2.25. The minimum atomic E-state index is 0.282. The molecule has 2 unspecified atom stereocenters. The number of hydrogen-bond donors (Lipinski definition) is 1. The second kappa shape index (κ2) is 5.35. The molecule has 0 fully saturated rings. The molecular weight excluding hydrogens is 200 g/mol. The Bertz CT molecular complexity index is 335. The monoisotopic (exact) mass is 220 g/mol. The molecule has 0 amide bonds. The summed E-state index contributed by atoms with van der Waals surface area (Å²) in [4.78, 5) is 0. The molecule has 0 spiro atoms. The van der Waals surface area contributed by atoms with Crippen molar-refractivity contribution in [2.45, 2.75) is 38.7 Å². The molecule has 0 saturated heterocycles. The van der Waals surface area contributed by atoms with Gasteiger partial charge in [0.25, 0.3) is 0 Å². The first-order valence-corrected chi connectivity index (χ1v) is 6.15. The molecule has 1 N–H and O–H groups in total. The maximum Gasteiger partial charge on any atom is 0.122 e. The Balaban J connectivity index is 1.92. The van der Waals surface area contributed by atoms with Gasteiger partial charge in [0.1, 0.15) is 5.75 Å². The van der Waals surface area contributed by atoms with Crippen LogP contribution in [0.1, 0.15) is 31.7 Å². The molecule has 2 nitrogen and oxygen atoms in total. The minimum absolute atomic E-state index is 0.282. The van der Waals surface area contributed by atoms with Gasteiger partial charge < -0.3 is 9.84 Å². The molecule has 0 saturated carbocycles. The van der Waals surface area contributed by atoms with Crippen LogP contribution in [0.25, 0.3) is 0 Å². The summed E-state index contributed by atoms with van der Waals surface area (Å²) in [5.74, 6) is 1.59. The summed E-state index contributed by atoms with van der Waals surface area (Å²) < 4.78 is 5.97. The lowest BCUT2D eigenvalue weighted by molar-refractivity contribution is 0.137. The van der Waals surface area contributed by atoms with Gasteiger partial charge in [0.05, 0.1) is 6.10 Å². The van der Waals surface area contributed by atoms with Gasteiger partial charge in [-0.25, -0.2) is 0 Å². The molecular formula is C14H20O2. The van der Waals surface area contributed by atoms with E-state index < -0.39 is 0 Å². The first-order chi connectivity index (χ1) is 7.79. The van der Waals surface area contributed by atoms with Gasteiger partial charge in [0, 0.05) is 6.61 Å². The quantitative estimate of drug-likeness (QED) is 0.845. The van der Waals surface area contributed by atoms with Crippen molar-refractivity contribution in [3.05, 3.63) is 29.8 Å². The van der Waals surface area contributed by atoms with Gasteiger partial charge in [-0.15, -0.1) is 0 Å². The summed E-state index contributed by atoms with van der Waals surface area (Å²) in [6.45, 7) is 2.46. The third-order valence-electron chi connectivity index (χ3n) is 3.29. The van der Waals surface area contributed by atoms with E-state index in [1.54, 1.807) is 0 Å². The van der Waals surface area contributed by atoms with Crippen molar-refractivity contribution < 1.29 is 9.84 Å². The third-order valence-corrected chi connectivity index (χ3v) is 3.29. The highest BCUT2D eigenvalue weighted by Gasteiger charge is 2.20. The number of hydrogen-bond acceptors (Lipinski definition) is 2. The van der Waals surface area contributed by atoms with Crippen LogP contribution >= 0.6 is 0 Å². The molecule has 2 heteroatoms. The van der Waals surface area contributed by atoms with E-state index in [2.05, 4.69) is 25.1 Å². The Morgan fingerprint density at radius 1 is 1.44 bits per heavy atom. The second-order valence-electron chi connectivity index (χ2n) is 4.74. The van der Waals surface area contributed by atoms with Crippen molar-refractivity contribution in [1.82, 2.24) is 0 Å². The number of fused-ring (bicyclic) bond motifs is 1. The van der Waals surface area contributed by atoms with Crippen LogP contribution in [0, 0.1) is 5.92 Å². The predicted molar refractivity (Wildman–Crippen MR) is 64.7 cm³/mol. The molecule has 1 aromatic rings. The van der Waals surface area contributed by atoms with Gasteiger partial charge in [0.2, 0.25) is 0 Å². The van der Waals surface area contributed by atoms with Gasteiger partial charge in [-0.2, -0.15) is 0 Å². The molecule has 1 heterocycles. The number of aryl methyl sites for hydroxylation is 1. The standard InChI is InChI=1S/C14H20O2/c1-11(8-9-15)10-13-7-6-12-4-2-3-5-14(12)16-13/h2-5,11,13,15H,6-10H2,1H3. The molecule has 0 aliphatic carbocycles. The number of para-hydroxylation sites is 1. The SMILES string of the molecule is CC(CCO)CC1CCc2ccccc2O1. The fourth-order valence-electron chi connectivity index (χ4n) is 2.33. The first-order valence-electron chi connectivity index (χ1n) is 6.15. The van der Waals surface area contributed by atoms with Gasteiger partial charge in [-0.1, -0.05) is 25.1 Å². The van der Waals surface area contributed by atoms with E-state index in [1.807, 2.05) is 6.07 Å². The normalized spacial score (nSPS) is 21.0. The summed E-state index contributed by atoms with van der Waals surface area (Å²) in [6.07, 6.45) is 4.48. The molecule has 0 aromatic heterocycles. The van der Waals surface area contributed by atoms with Crippen LogP contribution < -0.4 is 4.74 Å². The van der Waals surface area contributed by atoms with Crippen LogP contribution in [0.4, 0.5) is 0 Å². The minimum Gasteiger partial charge on any atom is -0.490 e. The summed E-state index contributed by atoms with van der Waals surface area (Å²) in [5, 5.41) is 8.88. The summed E-state index contributed by atoms with van der Waals surface area (Å²) in [7, 11) is 0. The highest BCUT2D eigenvalue weighted by molar-refractivity contribution is 5.35. The average Bonchev–Trinajstić information content (AvgIpc) is 2.29. The van der Waals surface area contributed by atoms with Gasteiger partial charge in [-0.3, -0.25) is 0 Å². The van der Waals surface area contributed by atoms with Crippen LogP contribution in [-0.4, -0.2) is 17.8 Å². The topological polar surface area (TPSA) is 29.5 Å². The van der Waals surface area contributed by atoms with E-state index in [0.717, 1.165) is 31.4 Å². The molecule has 88 valence electrons. The van der Waals surface area contributed by atoms with Crippen LogP contribution in [0.5, 0.6) is 5.75 Å². The molecule has 1 aliphatic rings. The Morgan fingerprint density at radius 2 is 2.25 bits per heavy atom. The van der Waals surface area contributed by atoms with E-state index >= 15 is 0 Å². The fraction of sp³-hybridized carbons (Fsp3) is 0.571. The Kier molecular flexibility index (Phi) is 3.83. The first kappa shape index (κ1) is 11.5. The van der Waals surface area contributed by atoms with Crippen LogP contribution in [0.3, 0.4) is 0 Å². The molecule has 2 atom stereocenters. The van der Waals surface area contributed by atoms with Gasteiger partial charge in [-0.05, 0) is 43.2 Å². The fourth-order valence-corrected chi connectivity index (χ4v) is 2.33. The third kappa shape index (κ3) is 2.76. The van der Waals surface area contributed by atoms with Gasteiger partial charge in [0.15, 0.2) is 0 Å². The van der Waals surface area contributed by atoms with E-state index in [0.29, 0.717) is 12.0 Å². The second-order valence-corrected chi connectivity index (χ2v) is 4.74. The Labute approximate surface area is 97.3 Å². The number of aliphatic hydroxyl groups excluding tert-OH is 1. The molecule has 0 radical (unpaired) electrons. The summed E-state index contributed by atoms with van der Waals surface area (Å²) in [6, 6.07) is 8.29. The number of benzene rings is 1. The Morgan fingerprint density at radius 3 is 3.06 bits per heavy atom. The van der Waals surface area contributed by atoms with Crippen molar-refractivity contribution >= 4 is 0 Å². The molecule has 1 aliphatic heterocycles. The van der Waals surface area contributed by atoms with Crippen molar-refractivity contribution in [1.29, 1.82) is 0 Å². The van der Waals surface area contributed by atoms with E-state index in [1.165, 1.54) is 5.56 Å². The van der Waals surface area contributed by atoms with E-state index in [-0.39, 0.29) is 6.61 Å². The number of ether oxygens (including phenoxy) is 1. The van der Waals surface area contributed by atoms with Crippen LogP contribution in [0.15, 0.2) is 24.3 Å². The molecule has 0 bridgehead atoms. The van der Waals surface area contributed by atoms with Crippen molar-refractivity contribution in [2.24, 2.45) is 5.92 Å². The zero-order valence-electron chi connectivity index (χ0n) is 9.86. The van der Waals surface area contributed by atoms with Crippen molar-refractivity contribution in [2.75, 3.05) is 6.61 Å². The molecule has 2 rings (SSSR count). The highest BCUT2D eigenvalue weighted by Crippen LogP contribution is 2.29. The van der Waals surface area contributed by atoms with Gasteiger partial charge >= 0.3 is 0 Å². The Hall–Kier alpha value is -1.02. The van der Waals surface area contributed by atoms with E-state index in [4.69, 9.17) is 9.84 Å². The zero-order chi connectivity index (χ0) is 11.4. The summed E-state index contributed by atoms with van der Waals surface area (Å²) in [5.41, 5.74) is 1.33. The lowest BCUT2D eigenvalue weighted by atomic mass is 9.94. The molecule has 16 heavy (non-hydrogen) atoms. The summed E-state index contributed by atoms with van der Waals surface area (Å²) >= 11 is 0.